The highest BCUT2D eigenvalue weighted by molar-refractivity contribution is 6.35. The van der Waals surface area contributed by atoms with Crippen LogP contribution in [-0.4, -0.2) is 23.1 Å². The van der Waals surface area contributed by atoms with Crippen LogP contribution in [0.5, 0.6) is 5.75 Å². The van der Waals surface area contributed by atoms with Crippen LogP contribution in [0, 0.1) is 11.3 Å². The Hall–Kier alpha value is -2.52. The van der Waals surface area contributed by atoms with Crippen LogP contribution in [0.15, 0.2) is 30.6 Å². The zero-order valence-corrected chi connectivity index (χ0v) is 11.3. The molecular weight excluding hydrogens is 278 g/mol. The first-order valence-corrected chi connectivity index (χ1v) is 6.21. The lowest BCUT2D eigenvalue weighted by Gasteiger charge is -2.09. The number of hydrogen-bond acceptors (Lipinski definition) is 6. The second kappa shape index (κ2) is 6.59. The number of nitrogens with two attached hydrogens (primary N) is 1. The monoisotopic (exact) mass is 289 g/mol. The number of aromatic nitrogens is 2. The maximum atomic E-state index is 8.68. The molecule has 0 aliphatic carbocycles. The molecule has 0 aliphatic rings. The molecular formula is C13H12ClN5O. The third kappa shape index (κ3) is 3.49. The fourth-order valence-corrected chi connectivity index (χ4v) is 1.64. The van der Waals surface area contributed by atoms with Crippen LogP contribution in [0.2, 0.25) is 5.02 Å². The molecule has 1 aromatic carbocycles. The molecule has 6 nitrogen and oxygen atoms in total. The topological polar surface area (TPSA) is 96.8 Å². The SMILES string of the molecule is N#Cc1ccc(OCCNc2ncnc(N)c2Cl)cc1. The van der Waals surface area contributed by atoms with Crippen LogP contribution in [-0.2, 0) is 0 Å². The maximum Gasteiger partial charge on any atom is 0.150 e. The predicted molar refractivity (Wildman–Crippen MR) is 76.6 cm³/mol. The fourth-order valence-electron chi connectivity index (χ4n) is 1.47. The fraction of sp³-hybridized carbons (Fsp3) is 0.154. The largest absolute Gasteiger partial charge is 0.492 e. The van der Waals surface area contributed by atoms with Crippen LogP contribution < -0.4 is 15.8 Å². The van der Waals surface area contributed by atoms with Crippen molar-refractivity contribution < 1.29 is 4.74 Å². The summed E-state index contributed by atoms with van der Waals surface area (Å²) < 4.78 is 5.51. The third-order valence-corrected chi connectivity index (χ3v) is 2.84. The first kappa shape index (κ1) is 13.9. The van der Waals surface area contributed by atoms with E-state index >= 15 is 0 Å². The van der Waals surface area contributed by atoms with Gasteiger partial charge in [0, 0.05) is 0 Å². The van der Waals surface area contributed by atoms with E-state index in [2.05, 4.69) is 15.3 Å². The van der Waals surface area contributed by atoms with Gasteiger partial charge in [0.25, 0.3) is 0 Å². The average Bonchev–Trinajstić information content (AvgIpc) is 2.48. The van der Waals surface area contributed by atoms with Gasteiger partial charge in [-0.1, -0.05) is 11.6 Å². The molecule has 0 fully saturated rings. The highest BCUT2D eigenvalue weighted by Gasteiger charge is 2.05. The van der Waals surface area contributed by atoms with Gasteiger partial charge in [-0.3, -0.25) is 0 Å². The van der Waals surface area contributed by atoms with Crippen LogP contribution in [0.1, 0.15) is 5.56 Å². The molecule has 0 aliphatic heterocycles. The zero-order valence-electron chi connectivity index (χ0n) is 10.5. The summed E-state index contributed by atoms with van der Waals surface area (Å²) in [6.07, 6.45) is 1.34. The smallest absolute Gasteiger partial charge is 0.150 e. The number of nitriles is 1. The van der Waals surface area contributed by atoms with E-state index in [0.29, 0.717) is 35.3 Å². The van der Waals surface area contributed by atoms with E-state index in [1.165, 1.54) is 6.33 Å². The number of hydrogen-bond donors (Lipinski definition) is 2. The lowest BCUT2D eigenvalue weighted by molar-refractivity contribution is 0.332. The third-order valence-electron chi connectivity index (χ3n) is 2.46. The number of halogens is 1. The minimum atomic E-state index is 0.233. The molecule has 0 saturated carbocycles. The van der Waals surface area contributed by atoms with E-state index in [9.17, 15) is 0 Å². The van der Waals surface area contributed by atoms with Crippen molar-refractivity contribution >= 4 is 23.2 Å². The van der Waals surface area contributed by atoms with E-state index < -0.39 is 0 Å². The molecule has 0 atom stereocenters. The second-order valence-corrected chi connectivity index (χ2v) is 4.21. The zero-order chi connectivity index (χ0) is 14.4. The quantitative estimate of drug-likeness (QED) is 0.818. The van der Waals surface area contributed by atoms with Crippen LogP contribution in [0.3, 0.4) is 0 Å². The number of rotatable bonds is 5. The van der Waals surface area contributed by atoms with Gasteiger partial charge in [-0.05, 0) is 24.3 Å². The summed E-state index contributed by atoms with van der Waals surface area (Å²) >= 11 is 5.94. The standard InChI is InChI=1S/C13H12ClN5O/c14-11-12(16)18-8-19-13(11)17-5-6-20-10-3-1-9(7-15)2-4-10/h1-4,8H,5-6H2,(H3,16,17,18,19). The van der Waals surface area contributed by atoms with Crippen molar-refractivity contribution in [1.29, 1.82) is 5.26 Å². The van der Waals surface area contributed by atoms with E-state index in [4.69, 9.17) is 27.3 Å². The van der Waals surface area contributed by atoms with E-state index in [1.54, 1.807) is 24.3 Å². The molecule has 7 heteroatoms. The summed E-state index contributed by atoms with van der Waals surface area (Å²) in [7, 11) is 0. The number of ether oxygens (including phenoxy) is 1. The summed E-state index contributed by atoms with van der Waals surface area (Å²) in [4.78, 5) is 7.75. The van der Waals surface area contributed by atoms with Gasteiger partial charge >= 0.3 is 0 Å². The van der Waals surface area contributed by atoms with Gasteiger partial charge in [-0.25, -0.2) is 9.97 Å². The van der Waals surface area contributed by atoms with Crippen molar-refractivity contribution in [2.45, 2.75) is 0 Å². The van der Waals surface area contributed by atoms with Crippen LogP contribution >= 0.6 is 11.6 Å². The predicted octanol–water partition coefficient (Wildman–Crippen LogP) is 2.07. The second-order valence-electron chi connectivity index (χ2n) is 3.83. The van der Waals surface area contributed by atoms with Crippen LogP contribution in [0.4, 0.5) is 11.6 Å². The number of nitrogens with zero attached hydrogens (tertiary/aromatic N) is 3. The van der Waals surface area contributed by atoms with Crippen LogP contribution in [0.25, 0.3) is 0 Å². The first-order chi connectivity index (χ1) is 9.70. The Bertz CT molecular complexity index is 624. The molecule has 0 spiro atoms. The minimum Gasteiger partial charge on any atom is -0.492 e. The summed E-state index contributed by atoms with van der Waals surface area (Å²) in [6.45, 7) is 0.933. The highest BCUT2D eigenvalue weighted by atomic mass is 35.5. The van der Waals surface area contributed by atoms with Crippen molar-refractivity contribution in [3.8, 4) is 11.8 Å². The van der Waals surface area contributed by atoms with E-state index in [0.717, 1.165) is 0 Å². The number of benzene rings is 1. The average molecular weight is 290 g/mol. The van der Waals surface area contributed by atoms with E-state index in [1.807, 2.05) is 6.07 Å². The van der Waals surface area contributed by atoms with Crippen molar-refractivity contribution in [2.75, 3.05) is 24.2 Å². The van der Waals surface area contributed by atoms with Gasteiger partial charge in [-0.15, -0.1) is 0 Å². The summed E-state index contributed by atoms with van der Waals surface area (Å²) in [5.74, 6) is 1.40. The Labute approximate surface area is 121 Å². The molecule has 0 radical (unpaired) electrons. The van der Waals surface area contributed by atoms with E-state index in [-0.39, 0.29) is 5.82 Å². The molecule has 0 bridgehead atoms. The molecule has 0 saturated heterocycles. The van der Waals surface area contributed by atoms with Gasteiger partial charge < -0.3 is 15.8 Å². The number of nitrogens with one attached hydrogen (secondary N) is 1. The normalized spacial score (nSPS) is 9.80. The molecule has 0 amide bonds. The van der Waals surface area contributed by atoms with Crippen molar-refractivity contribution in [3.63, 3.8) is 0 Å². The Balaban J connectivity index is 1.81. The Morgan fingerprint density at radius 3 is 2.75 bits per heavy atom. The molecule has 2 rings (SSSR count). The lowest BCUT2D eigenvalue weighted by atomic mass is 10.2. The summed E-state index contributed by atoms with van der Waals surface area (Å²) in [5.41, 5.74) is 6.16. The Morgan fingerprint density at radius 1 is 1.30 bits per heavy atom. The lowest BCUT2D eigenvalue weighted by Crippen LogP contribution is -2.13. The van der Waals surface area contributed by atoms with Crippen molar-refractivity contribution in [2.24, 2.45) is 0 Å². The van der Waals surface area contributed by atoms with Gasteiger partial charge in [-0.2, -0.15) is 5.26 Å². The number of nitrogen functional groups attached to an aromatic ring is 1. The van der Waals surface area contributed by atoms with Crippen molar-refractivity contribution in [3.05, 3.63) is 41.2 Å². The molecule has 1 aromatic heterocycles. The first-order valence-electron chi connectivity index (χ1n) is 5.83. The Kier molecular flexibility index (Phi) is 4.58. The summed E-state index contributed by atoms with van der Waals surface area (Å²) in [5, 5.41) is 12.0. The Morgan fingerprint density at radius 2 is 2.05 bits per heavy atom. The van der Waals surface area contributed by atoms with Crippen molar-refractivity contribution in [1.82, 2.24) is 9.97 Å². The minimum absolute atomic E-state index is 0.233. The number of anilines is 2. The summed E-state index contributed by atoms with van der Waals surface area (Å²) in [6, 6.07) is 8.93. The molecule has 20 heavy (non-hydrogen) atoms. The van der Waals surface area contributed by atoms with Gasteiger partial charge in [0.05, 0.1) is 18.2 Å². The molecule has 102 valence electrons. The van der Waals surface area contributed by atoms with Gasteiger partial charge in [0.2, 0.25) is 0 Å². The molecule has 1 heterocycles. The molecule has 2 aromatic rings. The molecule has 0 unspecified atom stereocenters. The van der Waals surface area contributed by atoms with Gasteiger partial charge in [0.15, 0.2) is 5.82 Å². The molecule has 3 N–H and O–H groups in total. The highest BCUT2D eigenvalue weighted by Crippen LogP contribution is 2.22. The maximum absolute atomic E-state index is 8.68. The van der Waals surface area contributed by atoms with Gasteiger partial charge in [0.1, 0.15) is 29.5 Å².